The van der Waals surface area contributed by atoms with Crippen LogP contribution in [0, 0.1) is 5.92 Å². The van der Waals surface area contributed by atoms with Gasteiger partial charge in [-0.3, -0.25) is 9.59 Å². The molecule has 0 bridgehead atoms. The number of carbonyl (C=O) groups excluding carboxylic acids is 2. The molecule has 31 heavy (non-hydrogen) atoms. The van der Waals surface area contributed by atoms with Crippen molar-refractivity contribution in [3.8, 4) is 5.75 Å². The number of aryl methyl sites for hydroxylation is 1. The van der Waals surface area contributed by atoms with Gasteiger partial charge >= 0.3 is 0 Å². The number of hydrogen-bond donors (Lipinski definition) is 2. The first-order valence-electron chi connectivity index (χ1n) is 12.2. The fourth-order valence-electron chi connectivity index (χ4n) is 5.17. The van der Waals surface area contributed by atoms with Crippen LogP contribution < -0.4 is 15.4 Å². The summed E-state index contributed by atoms with van der Waals surface area (Å²) in [5.74, 6) is 1.92. The van der Waals surface area contributed by atoms with E-state index in [0.717, 1.165) is 55.3 Å². The molecule has 2 N–H and O–H groups in total. The van der Waals surface area contributed by atoms with Gasteiger partial charge in [-0.05, 0) is 68.2 Å². The second-order valence-electron chi connectivity index (χ2n) is 9.47. The molecule has 170 valence electrons. The number of ether oxygens (including phenoxy) is 1. The average Bonchev–Trinajstić information content (AvgIpc) is 2.79. The maximum absolute atomic E-state index is 12.3. The molecule has 6 heteroatoms. The van der Waals surface area contributed by atoms with Crippen LogP contribution in [0.25, 0.3) is 0 Å². The largest absolute Gasteiger partial charge is 0.494 e. The minimum absolute atomic E-state index is 0.0714. The topological polar surface area (TPSA) is 70.7 Å². The van der Waals surface area contributed by atoms with Gasteiger partial charge in [-0.15, -0.1) is 0 Å². The van der Waals surface area contributed by atoms with Crippen LogP contribution in [0.2, 0.25) is 0 Å². The van der Waals surface area contributed by atoms with Crippen molar-refractivity contribution in [2.45, 2.75) is 76.7 Å². The molecule has 2 fully saturated rings. The number of fused-ring (bicyclic) bond motifs is 1. The Labute approximate surface area is 186 Å². The number of hydrogen-bond acceptors (Lipinski definition) is 4. The van der Waals surface area contributed by atoms with E-state index in [2.05, 4.69) is 15.5 Å². The Morgan fingerprint density at radius 3 is 2.71 bits per heavy atom. The monoisotopic (exact) mass is 427 g/mol. The van der Waals surface area contributed by atoms with Gasteiger partial charge in [-0.25, -0.2) is 0 Å². The summed E-state index contributed by atoms with van der Waals surface area (Å²) in [7, 11) is 0. The molecule has 2 heterocycles. The van der Waals surface area contributed by atoms with Gasteiger partial charge in [-0.2, -0.15) is 0 Å². The number of anilines is 1. The minimum atomic E-state index is 0.0714. The number of nitrogens with one attached hydrogen (secondary N) is 2. The Morgan fingerprint density at radius 1 is 1.10 bits per heavy atom. The molecule has 6 nitrogen and oxygen atoms in total. The van der Waals surface area contributed by atoms with E-state index in [1.54, 1.807) is 0 Å². The van der Waals surface area contributed by atoms with E-state index >= 15 is 0 Å². The van der Waals surface area contributed by atoms with Crippen LogP contribution in [0.3, 0.4) is 0 Å². The lowest BCUT2D eigenvalue weighted by Crippen LogP contribution is -2.45. The lowest BCUT2D eigenvalue weighted by Gasteiger charge is -2.35. The quantitative estimate of drug-likeness (QED) is 0.618. The van der Waals surface area contributed by atoms with Crippen LogP contribution >= 0.6 is 0 Å². The molecule has 0 unspecified atom stereocenters. The van der Waals surface area contributed by atoms with Crippen molar-refractivity contribution in [1.82, 2.24) is 10.2 Å². The summed E-state index contributed by atoms with van der Waals surface area (Å²) < 4.78 is 5.83. The zero-order chi connectivity index (χ0) is 21.5. The van der Waals surface area contributed by atoms with E-state index in [1.807, 2.05) is 18.2 Å². The van der Waals surface area contributed by atoms with Crippen molar-refractivity contribution in [2.75, 3.05) is 31.6 Å². The Bertz CT molecular complexity index is 752. The van der Waals surface area contributed by atoms with E-state index in [-0.39, 0.29) is 11.8 Å². The maximum atomic E-state index is 12.3. The second-order valence-corrected chi connectivity index (χ2v) is 9.47. The first kappa shape index (κ1) is 22.1. The molecule has 2 aliphatic heterocycles. The van der Waals surface area contributed by atoms with Gasteiger partial charge in [0, 0.05) is 44.2 Å². The number of likely N-dealkylation sites (tertiary alicyclic amines) is 1. The number of amides is 2. The van der Waals surface area contributed by atoms with E-state index in [9.17, 15) is 9.59 Å². The van der Waals surface area contributed by atoms with E-state index in [4.69, 9.17) is 4.74 Å². The Kier molecular flexibility index (Phi) is 7.84. The molecule has 1 aromatic rings. The summed E-state index contributed by atoms with van der Waals surface area (Å²) in [4.78, 5) is 26.4. The molecule has 1 aliphatic carbocycles. The maximum Gasteiger partial charge on any atom is 0.224 e. The number of carbonyl (C=O) groups is 2. The summed E-state index contributed by atoms with van der Waals surface area (Å²) in [6, 6.07) is 6.10. The number of rotatable bonds is 8. The Morgan fingerprint density at radius 2 is 1.90 bits per heavy atom. The highest BCUT2D eigenvalue weighted by atomic mass is 16.5. The van der Waals surface area contributed by atoms with Gasteiger partial charge in [0.1, 0.15) is 5.75 Å². The fourth-order valence-corrected chi connectivity index (χ4v) is 5.17. The molecule has 3 aliphatic rings. The predicted octanol–water partition coefficient (Wildman–Crippen LogP) is 3.89. The first-order valence-corrected chi connectivity index (χ1v) is 12.2. The molecule has 1 aromatic carbocycles. The van der Waals surface area contributed by atoms with Crippen molar-refractivity contribution in [3.05, 3.63) is 23.8 Å². The molecule has 4 rings (SSSR count). The third-order valence-corrected chi connectivity index (χ3v) is 6.98. The number of piperidine rings is 1. The van der Waals surface area contributed by atoms with Gasteiger partial charge < -0.3 is 20.3 Å². The minimum Gasteiger partial charge on any atom is -0.494 e. The second kappa shape index (κ2) is 11.0. The van der Waals surface area contributed by atoms with Crippen molar-refractivity contribution in [2.24, 2.45) is 5.92 Å². The zero-order valence-electron chi connectivity index (χ0n) is 18.7. The molecule has 2 amide bonds. The SMILES string of the molecule is O=C1CCc2cc(OCCCC(=O)NC3CCN(CC4CCCCC4)CC3)ccc2N1. The summed E-state index contributed by atoms with van der Waals surface area (Å²) >= 11 is 0. The third kappa shape index (κ3) is 6.70. The molecule has 0 atom stereocenters. The first-order chi connectivity index (χ1) is 15.2. The summed E-state index contributed by atoms with van der Waals surface area (Å²) in [6.45, 7) is 4.01. The molecule has 0 spiro atoms. The molecule has 0 aromatic heterocycles. The van der Waals surface area contributed by atoms with Crippen LogP contribution in [-0.4, -0.2) is 49.0 Å². The Balaban J connectivity index is 1.09. The highest BCUT2D eigenvalue weighted by molar-refractivity contribution is 5.94. The smallest absolute Gasteiger partial charge is 0.224 e. The van der Waals surface area contributed by atoms with Gasteiger partial charge in [0.05, 0.1) is 6.61 Å². The highest BCUT2D eigenvalue weighted by Crippen LogP contribution is 2.27. The normalized spacial score (nSPS) is 20.7. The van der Waals surface area contributed by atoms with E-state index in [1.165, 1.54) is 38.6 Å². The van der Waals surface area contributed by atoms with Gasteiger partial charge in [0.2, 0.25) is 11.8 Å². The van der Waals surface area contributed by atoms with Crippen LogP contribution in [0.5, 0.6) is 5.75 Å². The van der Waals surface area contributed by atoms with Crippen LogP contribution in [-0.2, 0) is 16.0 Å². The predicted molar refractivity (Wildman–Crippen MR) is 122 cm³/mol. The van der Waals surface area contributed by atoms with Gasteiger partial charge in [0.25, 0.3) is 0 Å². The van der Waals surface area contributed by atoms with E-state index in [0.29, 0.717) is 31.9 Å². The van der Waals surface area contributed by atoms with Crippen molar-refractivity contribution in [1.29, 1.82) is 0 Å². The standard InChI is InChI=1S/C25H37N3O3/c29-24(26-21-12-14-28(15-13-21)18-19-5-2-1-3-6-19)7-4-16-31-22-9-10-23-20(17-22)8-11-25(30)27-23/h9-10,17,19,21H,1-8,11-16,18H2,(H,26,29)(H,27,30). The highest BCUT2D eigenvalue weighted by Gasteiger charge is 2.23. The van der Waals surface area contributed by atoms with Crippen LogP contribution in [0.15, 0.2) is 18.2 Å². The van der Waals surface area contributed by atoms with Gasteiger partial charge in [0.15, 0.2) is 0 Å². The summed E-state index contributed by atoms with van der Waals surface area (Å²) in [5, 5.41) is 6.11. The molecular formula is C25H37N3O3. The van der Waals surface area contributed by atoms with Crippen LogP contribution in [0.4, 0.5) is 5.69 Å². The average molecular weight is 428 g/mol. The molecular weight excluding hydrogens is 390 g/mol. The van der Waals surface area contributed by atoms with Crippen molar-refractivity contribution < 1.29 is 14.3 Å². The summed E-state index contributed by atoms with van der Waals surface area (Å²) in [5.41, 5.74) is 2.00. The van der Waals surface area contributed by atoms with E-state index < -0.39 is 0 Å². The Hall–Kier alpha value is -2.08. The number of benzene rings is 1. The van der Waals surface area contributed by atoms with Gasteiger partial charge in [-0.1, -0.05) is 19.3 Å². The fraction of sp³-hybridized carbons (Fsp3) is 0.680. The third-order valence-electron chi connectivity index (χ3n) is 6.98. The molecule has 0 radical (unpaired) electrons. The van der Waals surface area contributed by atoms with Crippen LogP contribution in [0.1, 0.15) is 69.8 Å². The lowest BCUT2D eigenvalue weighted by atomic mass is 9.88. The van der Waals surface area contributed by atoms with Crippen molar-refractivity contribution in [3.63, 3.8) is 0 Å². The number of nitrogens with zero attached hydrogens (tertiary/aromatic N) is 1. The van der Waals surface area contributed by atoms with Crippen molar-refractivity contribution >= 4 is 17.5 Å². The zero-order valence-corrected chi connectivity index (χ0v) is 18.7. The summed E-state index contributed by atoms with van der Waals surface area (Å²) in [6.07, 6.45) is 11.7. The lowest BCUT2D eigenvalue weighted by molar-refractivity contribution is -0.122. The molecule has 1 saturated heterocycles. The molecule has 1 saturated carbocycles.